The first-order valence-electron chi connectivity index (χ1n) is 6.63. The van der Waals surface area contributed by atoms with Crippen LogP contribution in [0.3, 0.4) is 0 Å². The number of rotatable bonds is 5. The van der Waals surface area contributed by atoms with E-state index in [4.69, 9.17) is 4.74 Å². The van der Waals surface area contributed by atoms with E-state index >= 15 is 0 Å². The van der Waals surface area contributed by atoms with Crippen molar-refractivity contribution in [2.24, 2.45) is 5.92 Å². The molecule has 0 aromatic carbocycles. The first kappa shape index (κ1) is 13.5. The van der Waals surface area contributed by atoms with E-state index < -0.39 is 0 Å². The van der Waals surface area contributed by atoms with Crippen molar-refractivity contribution in [2.45, 2.75) is 20.8 Å². The maximum absolute atomic E-state index is 5.73. The molecule has 1 aliphatic heterocycles. The van der Waals surface area contributed by atoms with E-state index in [1.165, 1.54) is 11.7 Å². The summed E-state index contributed by atoms with van der Waals surface area (Å²) in [5.74, 6) is 2.14. The van der Waals surface area contributed by atoms with E-state index in [-0.39, 0.29) is 0 Å². The van der Waals surface area contributed by atoms with Crippen LogP contribution in [-0.2, 0) is 0 Å². The second-order valence-electron chi connectivity index (χ2n) is 5.02. The molecular formula is C12H22N4OS. The van der Waals surface area contributed by atoms with Crippen LogP contribution in [0.5, 0.6) is 5.88 Å². The van der Waals surface area contributed by atoms with Crippen LogP contribution < -0.4 is 9.64 Å². The Balaban J connectivity index is 1.95. The number of hydrogen-bond acceptors (Lipinski definition) is 6. The lowest BCUT2D eigenvalue weighted by atomic mass is 10.2. The molecule has 2 heterocycles. The Bertz CT molecular complexity index is 361. The fraction of sp³-hybridized carbons (Fsp3) is 0.833. The largest absolute Gasteiger partial charge is 0.474 e. The van der Waals surface area contributed by atoms with Crippen molar-refractivity contribution in [1.29, 1.82) is 0 Å². The maximum Gasteiger partial charge on any atom is 0.270 e. The van der Waals surface area contributed by atoms with Gasteiger partial charge in [0.05, 0.1) is 18.3 Å². The van der Waals surface area contributed by atoms with Crippen LogP contribution in [0.2, 0.25) is 0 Å². The molecule has 0 saturated carbocycles. The zero-order valence-corrected chi connectivity index (χ0v) is 12.2. The van der Waals surface area contributed by atoms with Crippen LogP contribution in [0.1, 0.15) is 20.8 Å². The molecule has 0 atom stereocenters. The second-order valence-corrected chi connectivity index (χ2v) is 5.55. The molecule has 0 amide bonds. The molecule has 0 spiro atoms. The lowest BCUT2D eigenvalue weighted by Crippen LogP contribution is -2.46. The lowest BCUT2D eigenvalue weighted by Gasteiger charge is -2.34. The Hall–Kier alpha value is -0.880. The summed E-state index contributed by atoms with van der Waals surface area (Å²) in [5, 5.41) is 0. The number of nitrogens with zero attached hydrogens (tertiary/aromatic N) is 4. The van der Waals surface area contributed by atoms with Gasteiger partial charge in [0.1, 0.15) is 0 Å². The Morgan fingerprint density at radius 2 is 1.94 bits per heavy atom. The number of anilines is 1. The van der Waals surface area contributed by atoms with Gasteiger partial charge in [0.25, 0.3) is 5.88 Å². The van der Waals surface area contributed by atoms with Gasteiger partial charge in [0.15, 0.2) is 0 Å². The molecule has 0 bridgehead atoms. The minimum Gasteiger partial charge on any atom is -0.474 e. The minimum absolute atomic E-state index is 0.511. The smallest absolute Gasteiger partial charge is 0.270 e. The molecule has 1 aliphatic rings. The quantitative estimate of drug-likeness (QED) is 0.815. The molecule has 5 nitrogen and oxygen atoms in total. The number of piperazine rings is 1. The number of hydrogen-bond donors (Lipinski definition) is 0. The van der Waals surface area contributed by atoms with Crippen LogP contribution in [-0.4, -0.2) is 53.0 Å². The molecule has 1 saturated heterocycles. The Morgan fingerprint density at radius 3 is 2.56 bits per heavy atom. The number of aromatic nitrogens is 2. The molecule has 1 aromatic heterocycles. The van der Waals surface area contributed by atoms with Gasteiger partial charge in [0.2, 0.25) is 5.82 Å². The zero-order chi connectivity index (χ0) is 13.0. The molecule has 102 valence electrons. The Morgan fingerprint density at radius 1 is 1.22 bits per heavy atom. The van der Waals surface area contributed by atoms with Crippen molar-refractivity contribution in [3.63, 3.8) is 0 Å². The summed E-state index contributed by atoms with van der Waals surface area (Å²) in [4.78, 5) is 4.73. The fourth-order valence-corrected chi connectivity index (χ4v) is 2.50. The summed E-state index contributed by atoms with van der Waals surface area (Å²) < 4.78 is 14.4. The third-order valence-corrected chi connectivity index (χ3v) is 3.62. The third kappa shape index (κ3) is 3.32. The van der Waals surface area contributed by atoms with Gasteiger partial charge in [0, 0.05) is 26.2 Å². The molecule has 18 heavy (non-hydrogen) atoms. The average molecular weight is 270 g/mol. The summed E-state index contributed by atoms with van der Waals surface area (Å²) in [6, 6.07) is 0. The van der Waals surface area contributed by atoms with Crippen LogP contribution in [0.15, 0.2) is 0 Å². The Kier molecular flexibility index (Phi) is 4.77. The van der Waals surface area contributed by atoms with E-state index in [0.29, 0.717) is 18.4 Å². The van der Waals surface area contributed by atoms with E-state index in [1.54, 1.807) is 0 Å². The van der Waals surface area contributed by atoms with Gasteiger partial charge in [-0.05, 0) is 12.5 Å². The highest BCUT2D eigenvalue weighted by atomic mass is 32.1. The van der Waals surface area contributed by atoms with Gasteiger partial charge in [-0.15, -0.1) is 4.37 Å². The molecule has 1 aromatic rings. The first-order valence-corrected chi connectivity index (χ1v) is 7.36. The summed E-state index contributed by atoms with van der Waals surface area (Å²) in [6.07, 6.45) is 0. The van der Waals surface area contributed by atoms with Gasteiger partial charge < -0.3 is 14.5 Å². The summed E-state index contributed by atoms with van der Waals surface area (Å²) >= 11 is 1.24. The fourth-order valence-electron chi connectivity index (χ4n) is 1.98. The van der Waals surface area contributed by atoms with Gasteiger partial charge >= 0.3 is 0 Å². The summed E-state index contributed by atoms with van der Waals surface area (Å²) in [6.45, 7) is 12.5. The average Bonchev–Trinajstić information content (AvgIpc) is 2.85. The monoisotopic (exact) mass is 270 g/mol. The van der Waals surface area contributed by atoms with Crippen LogP contribution >= 0.6 is 11.7 Å². The Labute approximate surface area is 113 Å². The van der Waals surface area contributed by atoms with Crippen molar-refractivity contribution < 1.29 is 4.74 Å². The van der Waals surface area contributed by atoms with Gasteiger partial charge in [-0.2, -0.15) is 4.37 Å². The van der Waals surface area contributed by atoms with E-state index in [9.17, 15) is 0 Å². The highest BCUT2D eigenvalue weighted by Crippen LogP contribution is 2.26. The van der Waals surface area contributed by atoms with Gasteiger partial charge in [-0.3, -0.25) is 0 Å². The summed E-state index contributed by atoms with van der Waals surface area (Å²) in [5.41, 5.74) is 0. The van der Waals surface area contributed by atoms with Crippen LogP contribution in [0.25, 0.3) is 0 Å². The van der Waals surface area contributed by atoms with Gasteiger partial charge in [-0.25, -0.2) is 0 Å². The van der Waals surface area contributed by atoms with Crippen molar-refractivity contribution in [3.05, 3.63) is 0 Å². The van der Waals surface area contributed by atoms with Crippen molar-refractivity contribution >= 4 is 17.5 Å². The molecule has 2 rings (SSSR count). The van der Waals surface area contributed by atoms with Crippen molar-refractivity contribution in [2.75, 3.05) is 44.2 Å². The lowest BCUT2D eigenvalue weighted by molar-refractivity contribution is 0.255. The minimum atomic E-state index is 0.511. The molecule has 0 N–H and O–H groups in total. The highest BCUT2D eigenvalue weighted by Gasteiger charge is 2.22. The van der Waals surface area contributed by atoms with Crippen molar-refractivity contribution in [1.82, 2.24) is 13.6 Å². The molecular weight excluding hydrogens is 248 g/mol. The predicted molar refractivity (Wildman–Crippen MR) is 74.6 cm³/mol. The van der Waals surface area contributed by atoms with E-state index in [2.05, 4.69) is 39.3 Å². The van der Waals surface area contributed by atoms with Crippen LogP contribution in [0.4, 0.5) is 5.82 Å². The van der Waals surface area contributed by atoms with Crippen molar-refractivity contribution in [3.8, 4) is 5.88 Å². The third-order valence-electron chi connectivity index (χ3n) is 3.11. The second kappa shape index (κ2) is 6.33. The molecule has 0 aliphatic carbocycles. The number of ether oxygens (including phenoxy) is 1. The molecule has 6 heteroatoms. The van der Waals surface area contributed by atoms with Crippen LogP contribution in [0, 0.1) is 5.92 Å². The maximum atomic E-state index is 5.73. The van der Waals surface area contributed by atoms with E-state index in [1.807, 2.05) is 0 Å². The molecule has 0 unspecified atom stereocenters. The first-order chi connectivity index (χ1) is 8.70. The summed E-state index contributed by atoms with van der Waals surface area (Å²) in [7, 11) is 0. The zero-order valence-electron chi connectivity index (χ0n) is 11.4. The van der Waals surface area contributed by atoms with Gasteiger partial charge in [-0.1, -0.05) is 20.8 Å². The number of likely N-dealkylation sites (N-methyl/N-ethyl adjacent to an activating group) is 1. The normalized spacial score (nSPS) is 17.4. The molecule has 1 fully saturated rings. The topological polar surface area (TPSA) is 41.5 Å². The highest BCUT2D eigenvalue weighted by molar-refractivity contribution is 6.99. The van der Waals surface area contributed by atoms with E-state index in [0.717, 1.165) is 38.5 Å². The predicted octanol–water partition coefficient (Wildman–Crippen LogP) is 1.71. The standard InChI is InChI=1S/C12H22N4OS/c1-4-15-5-7-16(8-6-15)11-12(14-18-13-11)17-9-10(2)3/h10H,4-9H2,1-3H3. The SMILES string of the molecule is CCN1CCN(c2nsnc2OCC(C)C)CC1. The molecule has 0 radical (unpaired) electrons.